The SMILES string of the molecule is C=CCCCCC(CC)SC(C)CCCC. The van der Waals surface area contributed by atoms with Crippen LogP contribution in [0.2, 0.25) is 0 Å². The molecule has 0 rings (SSSR count). The van der Waals surface area contributed by atoms with Crippen LogP contribution < -0.4 is 0 Å². The van der Waals surface area contributed by atoms with Crippen molar-refractivity contribution in [3.8, 4) is 0 Å². The highest BCUT2D eigenvalue weighted by Gasteiger charge is 2.11. The Labute approximate surface area is 107 Å². The molecule has 0 aliphatic rings. The first kappa shape index (κ1) is 16.1. The Bertz CT molecular complexity index is 154. The molecule has 2 unspecified atom stereocenters. The van der Waals surface area contributed by atoms with E-state index in [0.29, 0.717) is 0 Å². The molecule has 0 aromatic carbocycles. The summed E-state index contributed by atoms with van der Waals surface area (Å²) in [5.74, 6) is 0. The molecule has 0 fully saturated rings. The third kappa shape index (κ3) is 9.33. The lowest BCUT2D eigenvalue weighted by Crippen LogP contribution is -2.07. The molecule has 0 radical (unpaired) electrons. The maximum Gasteiger partial charge on any atom is 0.00471 e. The quantitative estimate of drug-likeness (QED) is 0.325. The van der Waals surface area contributed by atoms with Crippen LogP contribution in [-0.4, -0.2) is 10.5 Å². The van der Waals surface area contributed by atoms with Gasteiger partial charge in [0.15, 0.2) is 0 Å². The molecule has 0 aliphatic carbocycles. The van der Waals surface area contributed by atoms with Crippen molar-refractivity contribution in [2.24, 2.45) is 0 Å². The number of hydrogen-bond acceptors (Lipinski definition) is 1. The minimum Gasteiger partial charge on any atom is -0.155 e. The van der Waals surface area contributed by atoms with Crippen LogP contribution in [-0.2, 0) is 0 Å². The molecule has 0 aliphatic heterocycles. The van der Waals surface area contributed by atoms with E-state index in [1.54, 1.807) is 0 Å². The molecule has 0 aromatic rings. The number of rotatable bonds is 11. The molecule has 0 heterocycles. The van der Waals surface area contributed by atoms with E-state index >= 15 is 0 Å². The van der Waals surface area contributed by atoms with Gasteiger partial charge in [0.05, 0.1) is 0 Å². The van der Waals surface area contributed by atoms with Crippen LogP contribution in [0.25, 0.3) is 0 Å². The highest BCUT2D eigenvalue weighted by atomic mass is 32.2. The van der Waals surface area contributed by atoms with E-state index in [2.05, 4.69) is 39.1 Å². The lowest BCUT2D eigenvalue weighted by atomic mass is 10.1. The molecule has 0 aromatic heterocycles. The van der Waals surface area contributed by atoms with Gasteiger partial charge in [0.2, 0.25) is 0 Å². The van der Waals surface area contributed by atoms with Gasteiger partial charge in [-0.05, 0) is 32.1 Å². The van der Waals surface area contributed by atoms with E-state index in [1.165, 1.54) is 51.4 Å². The largest absolute Gasteiger partial charge is 0.155 e. The van der Waals surface area contributed by atoms with Gasteiger partial charge in [0.1, 0.15) is 0 Å². The standard InChI is InChI=1S/C15H30S/c1-5-8-10-11-13-15(7-3)16-14(4)12-9-6-2/h5,14-15H,1,6-13H2,2-4H3. The molecule has 1 heteroatoms. The van der Waals surface area contributed by atoms with Gasteiger partial charge in [-0.25, -0.2) is 0 Å². The predicted molar refractivity (Wildman–Crippen MR) is 79.3 cm³/mol. The zero-order valence-electron chi connectivity index (χ0n) is 11.5. The fourth-order valence-electron chi connectivity index (χ4n) is 1.92. The average Bonchev–Trinajstić information content (AvgIpc) is 2.30. The van der Waals surface area contributed by atoms with Gasteiger partial charge in [-0.3, -0.25) is 0 Å². The van der Waals surface area contributed by atoms with Crippen molar-refractivity contribution in [2.45, 2.75) is 82.6 Å². The van der Waals surface area contributed by atoms with Gasteiger partial charge in [0.25, 0.3) is 0 Å². The van der Waals surface area contributed by atoms with Gasteiger partial charge < -0.3 is 0 Å². The van der Waals surface area contributed by atoms with E-state index in [0.717, 1.165) is 10.5 Å². The maximum atomic E-state index is 3.77. The Balaban J connectivity index is 3.59. The average molecular weight is 242 g/mol. The first-order chi connectivity index (χ1) is 7.74. The van der Waals surface area contributed by atoms with Crippen molar-refractivity contribution < 1.29 is 0 Å². The van der Waals surface area contributed by atoms with Crippen molar-refractivity contribution in [1.29, 1.82) is 0 Å². The second-order valence-electron chi connectivity index (χ2n) is 4.69. The van der Waals surface area contributed by atoms with Crippen molar-refractivity contribution >= 4 is 11.8 Å². The molecule has 16 heavy (non-hydrogen) atoms. The van der Waals surface area contributed by atoms with Crippen LogP contribution in [0.3, 0.4) is 0 Å². The summed E-state index contributed by atoms with van der Waals surface area (Å²) in [6.07, 6.45) is 12.8. The second kappa shape index (κ2) is 11.6. The summed E-state index contributed by atoms with van der Waals surface area (Å²) in [7, 11) is 0. The third-order valence-electron chi connectivity index (χ3n) is 3.03. The van der Waals surface area contributed by atoms with Crippen LogP contribution in [0, 0.1) is 0 Å². The van der Waals surface area contributed by atoms with Gasteiger partial charge in [-0.1, -0.05) is 46.1 Å². The maximum absolute atomic E-state index is 3.77. The molecular weight excluding hydrogens is 212 g/mol. The van der Waals surface area contributed by atoms with E-state index in [-0.39, 0.29) is 0 Å². The first-order valence-electron chi connectivity index (χ1n) is 7.00. The van der Waals surface area contributed by atoms with Crippen LogP contribution in [0.1, 0.15) is 72.1 Å². The van der Waals surface area contributed by atoms with Crippen LogP contribution in [0.5, 0.6) is 0 Å². The summed E-state index contributed by atoms with van der Waals surface area (Å²) in [5.41, 5.74) is 0. The molecule has 0 bridgehead atoms. The Morgan fingerprint density at radius 2 is 1.88 bits per heavy atom. The number of thioether (sulfide) groups is 1. The number of hydrogen-bond donors (Lipinski definition) is 0. The smallest absolute Gasteiger partial charge is 0.00471 e. The fourth-order valence-corrected chi connectivity index (χ4v) is 3.37. The Morgan fingerprint density at radius 1 is 1.12 bits per heavy atom. The van der Waals surface area contributed by atoms with Crippen molar-refractivity contribution in [3.63, 3.8) is 0 Å². The van der Waals surface area contributed by atoms with Crippen molar-refractivity contribution in [1.82, 2.24) is 0 Å². The number of unbranched alkanes of at least 4 members (excludes halogenated alkanes) is 3. The molecular formula is C15H30S. The lowest BCUT2D eigenvalue weighted by Gasteiger charge is -2.19. The highest BCUT2D eigenvalue weighted by molar-refractivity contribution is 8.00. The lowest BCUT2D eigenvalue weighted by molar-refractivity contribution is 0.643. The van der Waals surface area contributed by atoms with E-state index < -0.39 is 0 Å². The first-order valence-corrected chi connectivity index (χ1v) is 7.95. The summed E-state index contributed by atoms with van der Waals surface area (Å²) >= 11 is 2.22. The van der Waals surface area contributed by atoms with Gasteiger partial charge in [0, 0.05) is 10.5 Å². The minimum atomic E-state index is 0.851. The van der Waals surface area contributed by atoms with Gasteiger partial charge in [-0.2, -0.15) is 11.8 Å². The third-order valence-corrected chi connectivity index (χ3v) is 4.68. The summed E-state index contributed by atoms with van der Waals surface area (Å²) in [6, 6.07) is 0. The summed E-state index contributed by atoms with van der Waals surface area (Å²) in [6.45, 7) is 10.8. The molecule has 0 spiro atoms. The van der Waals surface area contributed by atoms with E-state index in [4.69, 9.17) is 0 Å². The molecule has 0 N–H and O–H groups in total. The molecule has 0 saturated heterocycles. The van der Waals surface area contributed by atoms with E-state index in [9.17, 15) is 0 Å². The van der Waals surface area contributed by atoms with Crippen LogP contribution >= 0.6 is 11.8 Å². The molecule has 0 nitrogen and oxygen atoms in total. The molecule has 2 atom stereocenters. The Kier molecular flexibility index (Phi) is 11.6. The highest BCUT2D eigenvalue weighted by Crippen LogP contribution is 2.27. The Morgan fingerprint density at radius 3 is 2.44 bits per heavy atom. The number of allylic oxidation sites excluding steroid dienone is 1. The second-order valence-corrected chi connectivity index (χ2v) is 6.44. The monoisotopic (exact) mass is 242 g/mol. The van der Waals surface area contributed by atoms with Gasteiger partial charge in [-0.15, -0.1) is 6.58 Å². The fraction of sp³-hybridized carbons (Fsp3) is 0.867. The topological polar surface area (TPSA) is 0 Å². The molecule has 0 saturated carbocycles. The summed E-state index contributed by atoms with van der Waals surface area (Å²) < 4.78 is 0. The normalized spacial score (nSPS) is 14.7. The van der Waals surface area contributed by atoms with Crippen molar-refractivity contribution in [3.05, 3.63) is 12.7 Å². The van der Waals surface area contributed by atoms with Crippen LogP contribution in [0.4, 0.5) is 0 Å². The summed E-state index contributed by atoms with van der Waals surface area (Å²) in [5, 5.41) is 1.74. The molecule has 0 amide bonds. The van der Waals surface area contributed by atoms with Crippen LogP contribution in [0.15, 0.2) is 12.7 Å². The Hall–Kier alpha value is 0.0900. The summed E-state index contributed by atoms with van der Waals surface area (Å²) in [4.78, 5) is 0. The minimum absolute atomic E-state index is 0.851. The molecule has 96 valence electrons. The van der Waals surface area contributed by atoms with Gasteiger partial charge >= 0.3 is 0 Å². The van der Waals surface area contributed by atoms with E-state index in [1.807, 2.05) is 6.08 Å². The zero-order chi connectivity index (χ0) is 12.2. The zero-order valence-corrected chi connectivity index (χ0v) is 12.3. The van der Waals surface area contributed by atoms with Crippen molar-refractivity contribution in [2.75, 3.05) is 0 Å². The predicted octanol–water partition coefficient (Wildman–Crippen LogP) is 5.82.